The van der Waals surface area contributed by atoms with E-state index in [1.807, 2.05) is 18.0 Å². The molecule has 0 bridgehead atoms. The van der Waals surface area contributed by atoms with Crippen molar-refractivity contribution in [2.45, 2.75) is 13.1 Å². The van der Waals surface area contributed by atoms with Crippen molar-refractivity contribution in [1.82, 2.24) is 9.97 Å². The van der Waals surface area contributed by atoms with Crippen LogP contribution in [0.5, 0.6) is 0 Å². The van der Waals surface area contributed by atoms with E-state index < -0.39 is 0 Å². The molecule has 0 aliphatic heterocycles. The molecular weight excluding hydrogens is 231 g/mol. The normalized spacial score (nSPS) is 10.4. The molecule has 5 heteroatoms. The molecule has 0 fully saturated rings. The Hall–Kier alpha value is -2.01. The van der Waals surface area contributed by atoms with Crippen LogP contribution in [-0.4, -0.2) is 17.0 Å². The second-order valence-corrected chi connectivity index (χ2v) is 3.98. The maximum atomic E-state index is 13.5. The predicted octanol–water partition coefficient (Wildman–Crippen LogP) is 1.71. The molecule has 2 N–H and O–H groups in total. The van der Waals surface area contributed by atoms with Gasteiger partial charge in [0.05, 0.1) is 6.54 Å². The summed E-state index contributed by atoms with van der Waals surface area (Å²) >= 11 is 0. The molecule has 18 heavy (non-hydrogen) atoms. The van der Waals surface area contributed by atoms with Gasteiger partial charge in [-0.15, -0.1) is 0 Å². The number of aromatic nitrogens is 2. The molecule has 0 aliphatic carbocycles. The minimum atomic E-state index is -0.211. The number of nitrogens with two attached hydrogens (primary N) is 1. The molecule has 0 unspecified atom stereocenters. The Kier molecular flexibility index (Phi) is 3.84. The van der Waals surface area contributed by atoms with Gasteiger partial charge in [0.25, 0.3) is 0 Å². The average Bonchev–Trinajstić information content (AvgIpc) is 2.41. The highest BCUT2D eigenvalue weighted by Crippen LogP contribution is 2.14. The molecule has 94 valence electrons. The quantitative estimate of drug-likeness (QED) is 0.892. The third-order valence-corrected chi connectivity index (χ3v) is 2.63. The fraction of sp³-hybridized carbons (Fsp3) is 0.231. The first kappa shape index (κ1) is 12.4. The average molecular weight is 246 g/mol. The highest BCUT2D eigenvalue weighted by molar-refractivity contribution is 5.37. The second-order valence-electron chi connectivity index (χ2n) is 3.98. The zero-order valence-corrected chi connectivity index (χ0v) is 10.2. The van der Waals surface area contributed by atoms with Crippen molar-refractivity contribution in [2.24, 2.45) is 5.73 Å². The molecule has 0 radical (unpaired) electrons. The Morgan fingerprint density at radius 2 is 2.06 bits per heavy atom. The maximum Gasteiger partial charge on any atom is 0.144 e. The Morgan fingerprint density at radius 1 is 1.28 bits per heavy atom. The summed E-state index contributed by atoms with van der Waals surface area (Å²) in [5.74, 6) is 1.10. The lowest BCUT2D eigenvalue weighted by Gasteiger charge is -2.18. The van der Waals surface area contributed by atoms with E-state index in [-0.39, 0.29) is 5.82 Å². The Labute approximate surface area is 105 Å². The Balaban J connectivity index is 2.16. The lowest BCUT2D eigenvalue weighted by atomic mass is 10.2. The third-order valence-electron chi connectivity index (χ3n) is 2.63. The molecule has 0 spiro atoms. The van der Waals surface area contributed by atoms with E-state index in [1.54, 1.807) is 24.4 Å². The first-order valence-electron chi connectivity index (χ1n) is 5.67. The van der Waals surface area contributed by atoms with Crippen LogP contribution in [-0.2, 0) is 13.1 Å². The SMILES string of the molecule is CN(Cc1ccccc1F)c1ccnc(CN)n1. The van der Waals surface area contributed by atoms with Crippen LogP contribution in [0.1, 0.15) is 11.4 Å². The van der Waals surface area contributed by atoms with Crippen molar-refractivity contribution in [1.29, 1.82) is 0 Å². The molecule has 0 saturated carbocycles. The summed E-state index contributed by atoms with van der Waals surface area (Å²) in [6, 6.07) is 8.49. The standard InChI is InChI=1S/C13H15FN4/c1-18(9-10-4-2-3-5-11(10)14)13-6-7-16-12(8-15)17-13/h2-7H,8-9,15H2,1H3. The van der Waals surface area contributed by atoms with Crippen LogP contribution >= 0.6 is 0 Å². The minimum Gasteiger partial charge on any atom is -0.355 e. The van der Waals surface area contributed by atoms with Crippen molar-refractivity contribution >= 4 is 5.82 Å². The van der Waals surface area contributed by atoms with Gasteiger partial charge in [0.1, 0.15) is 17.5 Å². The zero-order chi connectivity index (χ0) is 13.0. The Bertz CT molecular complexity index is 530. The summed E-state index contributed by atoms with van der Waals surface area (Å²) in [5.41, 5.74) is 6.12. The van der Waals surface area contributed by atoms with Crippen LogP contribution in [0.25, 0.3) is 0 Å². The smallest absolute Gasteiger partial charge is 0.144 e. The van der Waals surface area contributed by atoms with E-state index in [4.69, 9.17) is 5.73 Å². The third kappa shape index (κ3) is 2.81. The van der Waals surface area contributed by atoms with Crippen molar-refractivity contribution < 1.29 is 4.39 Å². The molecule has 0 amide bonds. The number of benzene rings is 1. The van der Waals surface area contributed by atoms with Gasteiger partial charge in [-0.25, -0.2) is 14.4 Å². The highest BCUT2D eigenvalue weighted by Gasteiger charge is 2.07. The summed E-state index contributed by atoms with van der Waals surface area (Å²) < 4.78 is 13.5. The number of rotatable bonds is 4. The molecule has 1 heterocycles. The van der Waals surface area contributed by atoms with Gasteiger partial charge in [-0.3, -0.25) is 0 Å². The van der Waals surface area contributed by atoms with Crippen molar-refractivity contribution in [2.75, 3.05) is 11.9 Å². The van der Waals surface area contributed by atoms with E-state index in [0.29, 0.717) is 24.5 Å². The van der Waals surface area contributed by atoms with Crippen molar-refractivity contribution in [3.63, 3.8) is 0 Å². The number of nitrogens with zero attached hydrogens (tertiary/aromatic N) is 3. The summed E-state index contributed by atoms with van der Waals surface area (Å²) in [6.45, 7) is 0.745. The van der Waals surface area contributed by atoms with Crippen LogP contribution in [0.15, 0.2) is 36.5 Å². The van der Waals surface area contributed by atoms with Crippen molar-refractivity contribution in [3.05, 3.63) is 53.7 Å². The molecule has 0 saturated heterocycles. The van der Waals surface area contributed by atoms with E-state index in [9.17, 15) is 4.39 Å². The molecule has 2 aromatic rings. The predicted molar refractivity (Wildman–Crippen MR) is 68.4 cm³/mol. The maximum absolute atomic E-state index is 13.5. The topological polar surface area (TPSA) is 55.0 Å². The molecule has 1 aromatic carbocycles. The lowest BCUT2D eigenvalue weighted by Crippen LogP contribution is -2.19. The summed E-state index contributed by atoms with van der Waals surface area (Å²) in [6.07, 6.45) is 1.66. The summed E-state index contributed by atoms with van der Waals surface area (Å²) in [7, 11) is 1.86. The molecule has 4 nitrogen and oxygen atoms in total. The van der Waals surface area contributed by atoms with Crippen LogP contribution in [0.3, 0.4) is 0 Å². The minimum absolute atomic E-state index is 0.211. The fourth-order valence-electron chi connectivity index (χ4n) is 1.66. The van der Waals surface area contributed by atoms with Gasteiger partial charge >= 0.3 is 0 Å². The summed E-state index contributed by atoms with van der Waals surface area (Å²) in [5, 5.41) is 0. The highest BCUT2D eigenvalue weighted by atomic mass is 19.1. The van der Waals surface area contributed by atoms with Gasteiger partial charge in [-0.2, -0.15) is 0 Å². The number of anilines is 1. The first-order chi connectivity index (χ1) is 8.70. The number of hydrogen-bond donors (Lipinski definition) is 1. The van der Waals surface area contributed by atoms with Gasteiger partial charge < -0.3 is 10.6 Å². The molecule has 0 aliphatic rings. The van der Waals surface area contributed by atoms with E-state index in [0.717, 1.165) is 5.82 Å². The van der Waals surface area contributed by atoms with Crippen molar-refractivity contribution in [3.8, 4) is 0 Å². The van der Waals surface area contributed by atoms with Crippen LogP contribution < -0.4 is 10.6 Å². The second kappa shape index (κ2) is 5.55. The number of halogens is 1. The number of hydrogen-bond acceptors (Lipinski definition) is 4. The van der Waals surface area contributed by atoms with Gasteiger partial charge in [0.15, 0.2) is 0 Å². The van der Waals surface area contributed by atoms with Crippen LogP contribution in [0.2, 0.25) is 0 Å². The fourth-order valence-corrected chi connectivity index (χ4v) is 1.66. The van der Waals surface area contributed by atoms with Gasteiger partial charge in [0.2, 0.25) is 0 Å². The largest absolute Gasteiger partial charge is 0.355 e. The first-order valence-corrected chi connectivity index (χ1v) is 5.67. The van der Waals surface area contributed by atoms with E-state index >= 15 is 0 Å². The van der Waals surface area contributed by atoms with Crippen LogP contribution in [0, 0.1) is 5.82 Å². The van der Waals surface area contributed by atoms with Gasteiger partial charge in [0, 0.05) is 25.4 Å². The lowest BCUT2D eigenvalue weighted by molar-refractivity contribution is 0.607. The van der Waals surface area contributed by atoms with E-state index in [1.165, 1.54) is 6.07 Å². The molecule has 2 rings (SSSR count). The molecular formula is C13H15FN4. The Morgan fingerprint density at radius 3 is 2.78 bits per heavy atom. The molecule has 0 atom stereocenters. The van der Waals surface area contributed by atoms with E-state index in [2.05, 4.69) is 9.97 Å². The monoisotopic (exact) mass is 246 g/mol. The van der Waals surface area contributed by atoms with Crippen LogP contribution in [0.4, 0.5) is 10.2 Å². The molecule has 1 aromatic heterocycles. The van der Waals surface area contributed by atoms with Gasteiger partial charge in [-0.05, 0) is 12.1 Å². The zero-order valence-electron chi connectivity index (χ0n) is 10.2. The summed E-state index contributed by atoms with van der Waals surface area (Å²) in [4.78, 5) is 10.2. The van der Waals surface area contributed by atoms with Gasteiger partial charge in [-0.1, -0.05) is 18.2 Å².